The van der Waals surface area contributed by atoms with Crippen molar-refractivity contribution in [2.24, 2.45) is 0 Å². The van der Waals surface area contributed by atoms with Crippen molar-refractivity contribution in [3.8, 4) is 0 Å². The lowest BCUT2D eigenvalue weighted by molar-refractivity contribution is 0.0166. The summed E-state index contributed by atoms with van der Waals surface area (Å²) in [6.45, 7) is 10.4. The monoisotopic (exact) mass is 296 g/mol. The highest BCUT2D eigenvalue weighted by Crippen LogP contribution is 2.12. The Morgan fingerprint density at radius 3 is 3.00 bits per heavy atom. The number of hydrogen-bond donors (Lipinski definition) is 1. The second kappa shape index (κ2) is 7.87. The molecule has 120 valence electrons. The molecule has 0 aromatic carbocycles. The molecule has 1 saturated heterocycles. The molecule has 1 unspecified atom stereocenters. The van der Waals surface area contributed by atoms with Gasteiger partial charge in [0.15, 0.2) is 0 Å². The highest BCUT2D eigenvalue weighted by Gasteiger charge is 2.15. The molecule has 0 bridgehead atoms. The number of aromatic nitrogens is 3. The van der Waals surface area contributed by atoms with E-state index >= 15 is 0 Å². The van der Waals surface area contributed by atoms with Crippen LogP contribution in [0.4, 0.5) is 0 Å². The predicted octanol–water partition coefficient (Wildman–Crippen LogP) is 1.71. The first kappa shape index (κ1) is 16.4. The third-order valence-electron chi connectivity index (χ3n) is 3.50. The lowest BCUT2D eigenvalue weighted by Crippen LogP contribution is -2.22. The topological polar surface area (TPSA) is 61.2 Å². The van der Waals surface area contributed by atoms with Crippen molar-refractivity contribution in [2.45, 2.75) is 58.2 Å². The molecule has 6 nitrogen and oxygen atoms in total. The van der Waals surface area contributed by atoms with Crippen LogP contribution in [0.15, 0.2) is 6.20 Å². The fourth-order valence-corrected chi connectivity index (χ4v) is 2.21. The number of ether oxygens (including phenoxy) is 2. The summed E-state index contributed by atoms with van der Waals surface area (Å²) in [7, 11) is 0. The maximum absolute atomic E-state index is 5.62. The highest BCUT2D eigenvalue weighted by atomic mass is 16.5. The van der Waals surface area contributed by atoms with Gasteiger partial charge in [-0.05, 0) is 46.6 Å². The Morgan fingerprint density at radius 2 is 2.33 bits per heavy atom. The van der Waals surface area contributed by atoms with Crippen molar-refractivity contribution in [3.05, 3.63) is 11.9 Å². The van der Waals surface area contributed by atoms with Crippen LogP contribution in [0.1, 0.15) is 45.7 Å². The van der Waals surface area contributed by atoms with Crippen LogP contribution in [0.2, 0.25) is 0 Å². The number of hydrogen-bond acceptors (Lipinski definition) is 5. The van der Waals surface area contributed by atoms with Gasteiger partial charge in [-0.2, -0.15) is 0 Å². The highest BCUT2D eigenvalue weighted by molar-refractivity contribution is 4.93. The van der Waals surface area contributed by atoms with Crippen LogP contribution in [-0.4, -0.2) is 47.5 Å². The van der Waals surface area contributed by atoms with Gasteiger partial charge in [-0.15, -0.1) is 5.10 Å². The lowest BCUT2D eigenvalue weighted by atomic mass is 10.1. The van der Waals surface area contributed by atoms with Gasteiger partial charge in [0.05, 0.1) is 30.1 Å². The van der Waals surface area contributed by atoms with Gasteiger partial charge in [0, 0.05) is 19.8 Å². The summed E-state index contributed by atoms with van der Waals surface area (Å²) >= 11 is 0. The molecule has 1 atom stereocenters. The lowest BCUT2D eigenvalue weighted by Gasteiger charge is -2.17. The Kier molecular flexibility index (Phi) is 6.14. The zero-order valence-electron chi connectivity index (χ0n) is 13.5. The molecule has 1 fully saturated rings. The van der Waals surface area contributed by atoms with Gasteiger partial charge in [-0.3, -0.25) is 0 Å². The Labute approximate surface area is 127 Å². The zero-order valence-corrected chi connectivity index (χ0v) is 13.5. The minimum atomic E-state index is -0.0125. The van der Waals surface area contributed by atoms with Crippen LogP contribution in [0.5, 0.6) is 0 Å². The Hall–Kier alpha value is -0.980. The van der Waals surface area contributed by atoms with Gasteiger partial charge < -0.3 is 14.8 Å². The van der Waals surface area contributed by atoms with Gasteiger partial charge in [-0.1, -0.05) is 5.21 Å². The van der Waals surface area contributed by atoms with E-state index in [1.54, 1.807) is 0 Å². The minimum absolute atomic E-state index is 0.0125. The number of nitrogens with zero attached hydrogens (tertiary/aromatic N) is 3. The third-order valence-corrected chi connectivity index (χ3v) is 3.50. The van der Waals surface area contributed by atoms with Crippen LogP contribution >= 0.6 is 0 Å². The molecule has 1 aromatic heterocycles. The van der Waals surface area contributed by atoms with Crippen LogP contribution in [0.25, 0.3) is 0 Å². The van der Waals surface area contributed by atoms with E-state index in [1.807, 2.05) is 10.9 Å². The molecular weight excluding hydrogens is 268 g/mol. The van der Waals surface area contributed by atoms with Gasteiger partial charge in [0.1, 0.15) is 0 Å². The van der Waals surface area contributed by atoms with Crippen molar-refractivity contribution >= 4 is 0 Å². The number of rotatable bonds is 8. The fraction of sp³-hybridized carbons (Fsp3) is 0.867. The van der Waals surface area contributed by atoms with E-state index in [0.29, 0.717) is 6.10 Å². The summed E-state index contributed by atoms with van der Waals surface area (Å²) in [6, 6.07) is 0. The largest absolute Gasteiger partial charge is 0.379 e. The predicted molar refractivity (Wildman–Crippen MR) is 81.1 cm³/mol. The molecule has 1 aliphatic heterocycles. The smallest absolute Gasteiger partial charge is 0.0965 e. The SMILES string of the molecule is CC(C)(C)n1cc(CNCCCOCC2CCCO2)nn1. The summed E-state index contributed by atoms with van der Waals surface area (Å²) in [5.41, 5.74) is 0.965. The first-order valence-corrected chi connectivity index (χ1v) is 7.87. The molecule has 0 spiro atoms. The molecule has 6 heteroatoms. The summed E-state index contributed by atoms with van der Waals surface area (Å²) in [5, 5.41) is 11.7. The van der Waals surface area contributed by atoms with Crippen molar-refractivity contribution < 1.29 is 9.47 Å². The molecule has 0 aliphatic carbocycles. The van der Waals surface area contributed by atoms with E-state index in [-0.39, 0.29) is 5.54 Å². The molecule has 1 aromatic rings. The normalized spacial score (nSPS) is 19.3. The minimum Gasteiger partial charge on any atom is -0.379 e. The maximum Gasteiger partial charge on any atom is 0.0965 e. The summed E-state index contributed by atoms with van der Waals surface area (Å²) in [4.78, 5) is 0. The first-order chi connectivity index (χ1) is 10.1. The maximum atomic E-state index is 5.62. The second-order valence-electron chi connectivity index (χ2n) is 6.57. The van der Waals surface area contributed by atoms with E-state index in [4.69, 9.17) is 9.47 Å². The van der Waals surface area contributed by atoms with E-state index in [1.165, 1.54) is 6.42 Å². The fourth-order valence-electron chi connectivity index (χ4n) is 2.21. The van der Waals surface area contributed by atoms with Gasteiger partial charge in [0.25, 0.3) is 0 Å². The van der Waals surface area contributed by atoms with Crippen molar-refractivity contribution in [2.75, 3.05) is 26.4 Å². The molecule has 21 heavy (non-hydrogen) atoms. The van der Waals surface area contributed by atoms with E-state index in [0.717, 1.165) is 51.4 Å². The number of nitrogens with one attached hydrogen (secondary N) is 1. The van der Waals surface area contributed by atoms with Crippen LogP contribution < -0.4 is 5.32 Å². The van der Waals surface area contributed by atoms with E-state index in [2.05, 4.69) is 36.4 Å². The van der Waals surface area contributed by atoms with Crippen molar-refractivity contribution in [3.63, 3.8) is 0 Å². The molecule has 0 saturated carbocycles. The van der Waals surface area contributed by atoms with Crippen molar-refractivity contribution in [1.29, 1.82) is 0 Å². The average molecular weight is 296 g/mol. The van der Waals surface area contributed by atoms with Gasteiger partial charge >= 0.3 is 0 Å². The quantitative estimate of drug-likeness (QED) is 0.740. The second-order valence-corrected chi connectivity index (χ2v) is 6.57. The van der Waals surface area contributed by atoms with Crippen LogP contribution in [0.3, 0.4) is 0 Å². The average Bonchev–Trinajstić information content (AvgIpc) is 3.07. The van der Waals surface area contributed by atoms with Gasteiger partial charge in [0.2, 0.25) is 0 Å². The molecule has 1 N–H and O–H groups in total. The zero-order chi connectivity index (χ0) is 15.1. The summed E-state index contributed by atoms with van der Waals surface area (Å²) in [6.07, 6.45) is 5.64. The molecule has 2 rings (SSSR count). The van der Waals surface area contributed by atoms with Crippen LogP contribution in [-0.2, 0) is 21.6 Å². The van der Waals surface area contributed by atoms with E-state index in [9.17, 15) is 0 Å². The third kappa shape index (κ3) is 5.73. The standard InChI is InChI=1S/C15H28N4O2/c1-15(2,3)19-11-13(17-18-19)10-16-7-5-8-20-12-14-6-4-9-21-14/h11,14,16H,4-10,12H2,1-3H3. The molecule has 2 heterocycles. The Balaban J connectivity index is 1.50. The Morgan fingerprint density at radius 1 is 1.48 bits per heavy atom. The molecule has 0 amide bonds. The molecule has 0 radical (unpaired) electrons. The van der Waals surface area contributed by atoms with Crippen molar-refractivity contribution in [1.82, 2.24) is 20.3 Å². The van der Waals surface area contributed by atoms with Gasteiger partial charge in [-0.25, -0.2) is 4.68 Å². The molecular formula is C15H28N4O2. The Bertz CT molecular complexity index is 408. The van der Waals surface area contributed by atoms with E-state index < -0.39 is 0 Å². The first-order valence-electron chi connectivity index (χ1n) is 7.87. The molecule has 1 aliphatic rings. The summed E-state index contributed by atoms with van der Waals surface area (Å²) < 4.78 is 13.0. The summed E-state index contributed by atoms with van der Waals surface area (Å²) in [5.74, 6) is 0. The van der Waals surface area contributed by atoms with Crippen LogP contribution in [0, 0.1) is 0 Å².